The minimum atomic E-state index is 0.178. The molecule has 0 aromatic carbocycles. The van der Waals surface area contributed by atoms with Crippen LogP contribution in [0.5, 0.6) is 5.88 Å². The summed E-state index contributed by atoms with van der Waals surface area (Å²) in [4.78, 5) is 8.32. The molecule has 0 spiro atoms. The van der Waals surface area contributed by atoms with Crippen LogP contribution in [0.15, 0.2) is 12.4 Å². The quantitative estimate of drug-likeness (QED) is 0.783. The van der Waals surface area contributed by atoms with Gasteiger partial charge in [-0.05, 0) is 18.8 Å². The van der Waals surface area contributed by atoms with Gasteiger partial charge in [-0.15, -0.1) is 11.6 Å². The summed E-state index contributed by atoms with van der Waals surface area (Å²) in [5.41, 5.74) is 0.980. The Morgan fingerprint density at radius 2 is 1.89 bits per heavy atom. The summed E-state index contributed by atoms with van der Waals surface area (Å²) in [6, 6.07) is 1.89. The zero-order valence-corrected chi connectivity index (χ0v) is 12.4. The third kappa shape index (κ3) is 4.64. The molecule has 0 N–H and O–H groups in total. The van der Waals surface area contributed by atoms with Crippen molar-refractivity contribution in [3.8, 4) is 5.88 Å². The maximum absolute atomic E-state index is 6.61. The van der Waals surface area contributed by atoms with Gasteiger partial charge < -0.3 is 4.74 Å². The lowest BCUT2D eigenvalue weighted by Gasteiger charge is -2.24. The number of methoxy groups -OCH3 is 1. The predicted octanol–water partition coefficient (Wildman–Crippen LogP) is 4.00. The molecule has 4 heteroatoms. The molecule has 1 atom stereocenters. The van der Waals surface area contributed by atoms with E-state index >= 15 is 0 Å². The molecule has 2 rings (SSSR count). The van der Waals surface area contributed by atoms with Gasteiger partial charge in [-0.25, -0.2) is 9.97 Å². The summed E-state index contributed by atoms with van der Waals surface area (Å²) in [5, 5.41) is 0.178. The van der Waals surface area contributed by atoms with E-state index in [1.807, 2.05) is 6.07 Å². The van der Waals surface area contributed by atoms with Gasteiger partial charge in [-0.1, -0.05) is 32.1 Å². The highest BCUT2D eigenvalue weighted by Gasteiger charge is 2.21. The van der Waals surface area contributed by atoms with Crippen LogP contribution in [0.3, 0.4) is 0 Å². The van der Waals surface area contributed by atoms with Crippen molar-refractivity contribution < 1.29 is 4.74 Å². The van der Waals surface area contributed by atoms with Gasteiger partial charge in [0.2, 0.25) is 5.88 Å². The van der Waals surface area contributed by atoms with Gasteiger partial charge in [-0.2, -0.15) is 0 Å². The first-order chi connectivity index (χ1) is 9.29. The molecule has 1 heterocycles. The summed E-state index contributed by atoms with van der Waals surface area (Å²) in [6.07, 6.45) is 11.6. The molecule has 106 valence electrons. The van der Waals surface area contributed by atoms with Crippen molar-refractivity contribution in [1.29, 1.82) is 0 Å². The van der Waals surface area contributed by atoms with Gasteiger partial charge in [0, 0.05) is 23.6 Å². The molecule has 1 aromatic rings. The number of alkyl halides is 1. The second kappa shape index (κ2) is 7.68. The number of ether oxygens (including phenoxy) is 1. The minimum absolute atomic E-state index is 0.178. The molecular formula is C15H23ClN2O. The zero-order valence-electron chi connectivity index (χ0n) is 11.6. The number of halogens is 1. The van der Waals surface area contributed by atoms with Crippen LogP contribution in [0.25, 0.3) is 0 Å². The van der Waals surface area contributed by atoms with Crippen LogP contribution >= 0.6 is 11.6 Å². The van der Waals surface area contributed by atoms with Crippen molar-refractivity contribution in [3.05, 3.63) is 18.1 Å². The van der Waals surface area contributed by atoms with E-state index in [0.717, 1.165) is 12.1 Å². The summed E-state index contributed by atoms with van der Waals surface area (Å²) >= 11 is 6.61. The van der Waals surface area contributed by atoms with Crippen LogP contribution in [0, 0.1) is 5.92 Å². The van der Waals surface area contributed by atoms with Gasteiger partial charge in [0.05, 0.1) is 7.11 Å². The summed E-state index contributed by atoms with van der Waals surface area (Å²) in [5.74, 6) is 1.24. The number of rotatable bonds is 4. The lowest BCUT2D eigenvalue weighted by Crippen LogP contribution is -2.19. The molecule has 3 nitrogen and oxygen atoms in total. The standard InChI is InChI=1S/C15H23ClN2O/c1-19-15-10-13(17-11-18-15)9-14(16)12-7-5-3-2-4-6-8-12/h10-12,14H,2-9H2,1H3. The zero-order chi connectivity index (χ0) is 13.5. The van der Waals surface area contributed by atoms with Crippen molar-refractivity contribution in [2.75, 3.05) is 7.11 Å². The van der Waals surface area contributed by atoms with Gasteiger partial charge in [0.25, 0.3) is 0 Å². The SMILES string of the molecule is COc1cc(CC(Cl)C2CCCCCCC2)ncn1. The second-order valence-corrected chi connectivity index (χ2v) is 5.94. The molecule has 1 saturated carbocycles. The predicted molar refractivity (Wildman–Crippen MR) is 77.7 cm³/mol. The molecule has 0 radical (unpaired) electrons. The Morgan fingerprint density at radius 1 is 1.21 bits per heavy atom. The third-order valence-corrected chi connectivity index (χ3v) is 4.48. The molecule has 1 unspecified atom stereocenters. The lowest BCUT2D eigenvalue weighted by molar-refractivity contribution is 0.362. The van der Waals surface area contributed by atoms with Crippen LogP contribution in [-0.4, -0.2) is 22.5 Å². The van der Waals surface area contributed by atoms with Crippen molar-refractivity contribution in [2.24, 2.45) is 5.92 Å². The van der Waals surface area contributed by atoms with Gasteiger partial charge in [0.1, 0.15) is 6.33 Å². The molecule has 0 amide bonds. The number of hydrogen-bond donors (Lipinski definition) is 0. The maximum Gasteiger partial charge on any atom is 0.216 e. The van der Waals surface area contributed by atoms with Crippen molar-refractivity contribution in [2.45, 2.75) is 56.7 Å². The Morgan fingerprint density at radius 3 is 2.58 bits per heavy atom. The van der Waals surface area contributed by atoms with E-state index in [0.29, 0.717) is 11.8 Å². The van der Waals surface area contributed by atoms with Crippen molar-refractivity contribution in [3.63, 3.8) is 0 Å². The average Bonchev–Trinajstić information content (AvgIpc) is 2.38. The molecule has 1 aromatic heterocycles. The number of aromatic nitrogens is 2. The van der Waals surface area contributed by atoms with E-state index in [1.54, 1.807) is 13.4 Å². The molecule has 1 aliphatic carbocycles. The Kier molecular flexibility index (Phi) is 5.90. The Balaban J connectivity index is 1.92. The molecule has 1 aliphatic rings. The first kappa shape index (κ1) is 14.6. The average molecular weight is 283 g/mol. The number of nitrogens with zero attached hydrogens (tertiary/aromatic N) is 2. The number of hydrogen-bond acceptors (Lipinski definition) is 3. The molecule has 19 heavy (non-hydrogen) atoms. The summed E-state index contributed by atoms with van der Waals surface area (Å²) < 4.78 is 5.12. The lowest BCUT2D eigenvalue weighted by atomic mass is 9.87. The van der Waals surface area contributed by atoms with Crippen molar-refractivity contribution >= 4 is 11.6 Å². The monoisotopic (exact) mass is 282 g/mol. The van der Waals surface area contributed by atoms with Crippen molar-refractivity contribution in [1.82, 2.24) is 9.97 Å². The second-order valence-electron chi connectivity index (χ2n) is 5.38. The maximum atomic E-state index is 6.61. The van der Waals surface area contributed by atoms with E-state index in [2.05, 4.69) is 9.97 Å². The highest BCUT2D eigenvalue weighted by atomic mass is 35.5. The van der Waals surface area contributed by atoms with Crippen LogP contribution in [-0.2, 0) is 6.42 Å². The van der Waals surface area contributed by atoms with Gasteiger partial charge >= 0.3 is 0 Å². The molecule has 0 bridgehead atoms. The Labute approximate surface area is 120 Å². The van der Waals surface area contributed by atoms with Crippen LogP contribution in [0.1, 0.15) is 50.6 Å². The molecular weight excluding hydrogens is 260 g/mol. The van der Waals surface area contributed by atoms with Crippen LogP contribution in [0.2, 0.25) is 0 Å². The smallest absolute Gasteiger partial charge is 0.216 e. The van der Waals surface area contributed by atoms with Crippen LogP contribution in [0.4, 0.5) is 0 Å². The van der Waals surface area contributed by atoms with E-state index in [1.165, 1.54) is 44.9 Å². The topological polar surface area (TPSA) is 35.0 Å². The van der Waals surface area contributed by atoms with Crippen LogP contribution < -0.4 is 4.74 Å². The fraction of sp³-hybridized carbons (Fsp3) is 0.733. The van der Waals surface area contributed by atoms with E-state index in [-0.39, 0.29) is 5.38 Å². The highest BCUT2D eigenvalue weighted by molar-refractivity contribution is 6.20. The van der Waals surface area contributed by atoms with E-state index < -0.39 is 0 Å². The normalized spacial score (nSPS) is 19.5. The van der Waals surface area contributed by atoms with Gasteiger partial charge in [0.15, 0.2) is 0 Å². The highest BCUT2D eigenvalue weighted by Crippen LogP contribution is 2.29. The molecule has 0 saturated heterocycles. The first-order valence-corrected chi connectivity index (χ1v) is 7.72. The first-order valence-electron chi connectivity index (χ1n) is 7.28. The van der Waals surface area contributed by atoms with E-state index in [4.69, 9.17) is 16.3 Å². The fourth-order valence-corrected chi connectivity index (χ4v) is 3.23. The Bertz CT molecular complexity index is 378. The van der Waals surface area contributed by atoms with E-state index in [9.17, 15) is 0 Å². The minimum Gasteiger partial charge on any atom is -0.481 e. The Hall–Kier alpha value is -0.830. The molecule has 1 fully saturated rings. The largest absolute Gasteiger partial charge is 0.481 e. The summed E-state index contributed by atoms with van der Waals surface area (Å²) in [6.45, 7) is 0. The summed E-state index contributed by atoms with van der Waals surface area (Å²) in [7, 11) is 1.62. The third-order valence-electron chi connectivity index (χ3n) is 3.97. The fourth-order valence-electron chi connectivity index (χ4n) is 2.82. The molecule has 0 aliphatic heterocycles. The van der Waals surface area contributed by atoms with Gasteiger partial charge in [-0.3, -0.25) is 0 Å².